The van der Waals surface area contributed by atoms with Gasteiger partial charge >= 0.3 is 6.03 Å². The number of morpholine rings is 1. The van der Waals surface area contributed by atoms with Gasteiger partial charge in [-0.1, -0.05) is 78.9 Å². The zero-order chi connectivity index (χ0) is 25.7. The van der Waals surface area contributed by atoms with Crippen molar-refractivity contribution < 1.29 is 9.53 Å². The maximum atomic E-state index is 13.6. The lowest BCUT2D eigenvalue weighted by Gasteiger charge is -2.30. The third-order valence-electron chi connectivity index (χ3n) is 7.51. The fourth-order valence-electron chi connectivity index (χ4n) is 5.50. The Morgan fingerprint density at radius 2 is 1.58 bits per heavy atom. The van der Waals surface area contributed by atoms with Gasteiger partial charge in [-0.3, -0.25) is 10.2 Å². The molecule has 1 aromatic heterocycles. The molecule has 1 aliphatic carbocycles. The van der Waals surface area contributed by atoms with Gasteiger partial charge in [0.15, 0.2) is 5.13 Å². The highest BCUT2D eigenvalue weighted by atomic mass is 32.1. The molecule has 2 amide bonds. The Hall–Kier alpha value is -3.52. The van der Waals surface area contributed by atoms with Crippen LogP contribution in [-0.4, -0.2) is 66.8 Å². The number of urea groups is 1. The SMILES string of the molecule is O=C(Nc1nc(-c2ccccc2)cs1)N(CCC1c2ccccc2-c2ccccc21)CCN1CCOCC1. The Balaban J connectivity index is 1.18. The monoisotopic (exact) mass is 524 g/mol. The van der Waals surface area contributed by atoms with E-state index in [1.165, 1.54) is 33.6 Å². The highest BCUT2D eigenvalue weighted by Crippen LogP contribution is 2.46. The molecule has 1 saturated heterocycles. The van der Waals surface area contributed by atoms with Crippen LogP contribution in [0.1, 0.15) is 23.5 Å². The van der Waals surface area contributed by atoms with E-state index in [0.29, 0.717) is 18.2 Å². The van der Waals surface area contributed by atoms with Gasteiger partial charge in [0, 0.05) is 49.6 Å². The molecular weight excluding hydrogens is 492 g/mol. The molecule has 0 atom stereocenters. The molecule has 6 nitrogen and oxygen atoms in total. The normalized spacial score (nSPS) is 15.2. The number of hydrogen-bond acceptors (Lipinski definition) is 5. The second-order valence-electron chi connectivity index (χ2n) is 9.79. The van der Waals surface area contributed by atoms with Crippen molar-refractivity contribution in [1.82, 2.24) is 14.8 Å². The van der Waals surface area contributed by atoms with Crippen molar-refractivity contribution in [2.75, 3.05) is 51.3 Å². The molecule has 38 heavy (non-hydrogen) atoms. The Labute approximate surface area is 227 Å². The topological polar surface area (TPSA) is 57.7 Å². The predicted molar refractivity (Wildman–Crippen MR) is 154 cm³/mol. The highest BCUT2D eigenvalue weighted by Gasteiger charge is 2.29. The fourth-order valence-corrected chi connectivity index (χ4v) is 6.21. The van der Waals surface area contributed by atoms with Gasteiger partial charge in [-0.15, -0.1) is 11.3 Å². The van der Waals surface area contributed by atoms with Crippen LogP contribution in [0.25, 0.3) is 22.4 Å². The van der Waals surface area contributed by atoms with Crippen molar-refractivity contribution in [3.8, 4) is 22.4 Å². The van der Waals surface area contributed by atoms with Crippen LogP contribution in [0, 0.1) is 0 Å². The van der Waals surface area contributed by atoms with E-state index in [2.05, 4.69) is 63.7 Å². The summed E-state index contributed by atoms with van der Waals surface area (Å²) < 4.78 is 5.51. The van der Waals surface area contributed by atoms with E-state index in [1.54, 1.807) is 0 Å². The molecule has 3 aromatic carbocycles. The number of rotatable bonds is 8. The summed E-state index contributed by atoms with van der Waals surface area (Å²) in [4.78, 5) is 22.6. The number of aromatic nitrogens is 1. The molecule has 0 bridgehead atoms. The maximum absolute atomic E-state index is 13.6. The van der Waals surface area contributed by atoms with E-state index in [-0.39, 0.29) is 11.9 Å². The Morgan fingerprint density at radius 3 is 2.29 bits per heavy atom. The molecule has 2 aliphatic rings. The summed E-state index contributed by atoms with van der Waals surface area (Å²) in [6.45, 7) is 5.49. The van der Waals surface area contributed by atoms with Crippen LogP contribution >= 0.6 is 11.3 Å². The van der Waals surface area contributed by atoms with Gasteiger partial charge in [-0.05, 0) is 28.7 Å². The molecule has 6 rings (SSSR count). The molecule has 0 unspecified atom stereocenters. The second kappa shape index (κ2) is 11.5. The minimum Gasteiger partial charge on any atom is -0.379 e. The first-order chi connectivity index (χ1) is 18.8. The van der Waals surface area contributed by atoms with Crippen molar-refractivity contribution >= 4 is 22.5 Å². The zero-order valence-electron chi connectivity index (χ0n) is 21.4. The average Bonchev–Trinajstić information content (AvgIpc) is 3.57. The number of fused-ring (bicyclic) bond motifs is 3. The van der Waals surface area contributed by atoms with Crippen molar-refractivity contribution in [3.63, 3.8) is 0 Å². The molecule has 1 fully saturated rings. The number of nitrogens with zero attached hydrogens (tertiary/aromatic N) is 3. The number of nitrogens with one attached hydrogen (secondary N) is 1. The van der Waals surface area contributed by atoms with Gasteiger partial charge in [0.25, 0.3) is 0 Å². The molecule has 1 N–H and O–H groups in total. The third-order valence-corrected chi connectivity index (χ3v) is 8.27. The number of ether oxygens (including phenoxy) is 1. The molecular formula is C31H32N4O2S. The first kappa shape index (κ1) is 24.8. The molecule has 0 saturated carbocycles. The van der Waals surface area contributed by atoms with Crippen molar-refractivity contribution in [2.45, 2.75) is 12.3 Å². The van der Waals surface area contributed by atoms with Crippen molar-refractivity contribution in [2.24, 2.45) is 0 Å². The molecule has 1 aliphatic heterocycles. The van der Waals surface area contributed by atoms with Crippen molar-refractivity contribution in [3.05, 3.63) is 95.4 Å². The molecule has 4 aromatic rings. The third kappa shape index (κ3) is 5.36. The zero-order valence-corrected chi connectivity index (χ0v) is 22.2. The predicted octanol–water partition coefficient (Wildman–Crippen LogP) is 6.18. The van der Waals surface area contributed by atoms with E-state index < -0.39 is 0 Å². The number of hydrogen-bond donors (Lipinski definition) is 1. The first-order valence-electron chi connectivity index (χ1n) is 13.3. The number of thiazole rings is 1. The quantitative estimate of drug-likeness (QED) is 0.299. The molecule has 0 spiro atoms. The lowest BCUT2D eigenvalue weighted by molar-refractivity contribution is 0.0351. The van der Waals surface area contributed by atoms with Crippen LogP contribution in [0.5, 0.6) is 0 Å². The van der Waals surface area contributed by atoms with E-state index in [4.69, 9.17) is 4.74 Å². The number of amides is 2. The Morgan fingerprint density at radius 1 is 0.921 bits per heavy atom. The van der Waals surface area contributed by atoms with E-state index in [0.717, 1.165) is 50.5 Å². The van der Waals surface area contributed by atoms with Crippen LogP contribution in [0.15, 0.2) is 84.2 Å². The van der Waals surface area contributed by atoms with E-state index in [1.807, 2.05) is 40.6 Å². The number of benzene rings is 3. The van der Waals surface area contributed by atoms with Crippen LogP contribution in [0.3, 0.4) is 0 Å². The maximum Gasteiger partial charge on any atom is 0.323 e. The van der Waals surface area contributed by atoms with Gasteiger partial charge in [-0.25, -0.2) is 9.78 Å². The van der Waals surface area contributed by atoms with E-state index >= 15 is 0 Å². The summed E-state index contributed by atoms with van der Waals surface area (Å²) in [5.41, 5.74) is 7.27. The summed E-state index contributed by atoms with van der Waals surface area (Å²) in [6.07, 6.45) is 0.873. The Kier molecular flexibility index (Phi) is 7.49. The summed E-state index contributed by atoms with van der Waals surface area (Å²) in [5.74, 6) is 0.283. The van der Waals surface area contributed by atoms with Crippen LogP contribution in [0.2, 0.25) is 0 Å². The summed E-state index contributed by atoms with van der Waals surface area (Å²) in [7, 11) is 0. The highest BCUT2D eigenvalue weighted by molar-refractivity contribution is 7.14. The molecule has 0 radical (unpaired) electrons. The van der Waals surface area contributed by atoms with Gasteiger partial charge in [0.2, 0.25) is 0 Å². The minimum absolute atomic E-state index is 0.0909. The average molecular weight is 525 g/mol. The Bertz CT molecular complexity index is 1340. The molecule has 2 heterocycles. The lowest BCUT2D eigenvalue weighted by atomic mass is 9.93. The second-order valence-corrected chi connectivity index (χ2v) is 10.6. The van der Waals surface area contributed by atoms with Crippen molar-refractivity contribution in [1.29, 1.82) is 0 Å². The first-order valence-corrected chi connectivity index (χ1v) is 14.2. The largest absolute Gasteiger partial charge is 0.379 e. The fraction of sp³-hybridized carbons (Fsp3) is 0.290. The summed E-state index contributed by atoms with van der Waals surface area (Å²) in [6, 6.07) is 27.3. The number of anilines is 1. The number of carbonyl (C=O) groups is 1. The van der Waals surface area contributed by atoms with Gasteiger partial charge in [-0.2, -0.15) is 0 Å². The van der Waals surface area contributed by atoms with Gasteiger partial charge < -0.3 is 9.64 Å². The molecule has 7 heteroatoms. The van der Waals surface area contributed by atoms with E-state index in [9.17, 15) is 4.79 Å². The van der Waals surface area contributed by atoms with Crippen LogP contribution < -0.4 is 5.32 Å². The van der Waals surface area contributed by atoms with Gasteiger partial charge in [0.1, 0.15) is 0 Å². The summed E-state index contributed by atoms with van der Waals surface area (Å²) in [5, 5.41) is 5.71. The molecule has 194 valence electrons. The lowest BCUT2D eigenvalue weighted by Crippen LogP contribution is -2.44. The van der Waals surface area contributed by atoms with Crippen LogP contribution in [0.4, 0.5) is 9.93 Å². The smallest absolute Gasteiger partial charge is 0.323 e. The minimum atomic E-state index is -0.0909. The summed E-state index contributed by atoms with van der Waals surface area (Å²) >= 11 is 1.46. The van der Waals surface area contributed by atoms with Gasteiger partial charge in [0.05, 0.1) is 18.9 Å². The van der Waals surface area contributed by atoms with Crippen LogP contribution in [-0.2, 0) is 4.74 Å². The number of carbonyl (C=O) groups excluding carboxylic acids is 1. The standard InChI is InChI=1S/C31H32N4O2S/c36-31(33-30-32-29(22-38-30)23-8-2-1-3-9-23)35(17-16-34-18-20-37-21-19-34)15-14-28-26-12-6-4-10-24(26)25-11-5-7-13-27(25)28/h1-13,22,28H,14-21H2,(H,32,33,36).